The number of nitrogens with zero attached hydrogens (tertiary/aromatic N) is 1. The van der Waals surface area contributed by atoms with Gasteiger partial charge in [-0.15, -0.1) is 0 Å². The average Bonchev–Trinajstić information content (AvgIpc) is 2.15. The predicted molar refractivity (Wildman–Crippen MR) is 62.0 cm³/mol. The lowest BCUT2D eigenvalue weighted by molar-refractivity contribution is 0.218. The predicted octanol–water partition coefficient (Wildman–Crippen LogP) is 0.784. The van der Waals surface area contributed by atoms with Crippen molar-refractivity contribution in [3.05, 3.63) is 0 Å². The van der Waals surface area contributed by atoms with Gasteiger partial charge in [-0.05, 0) is 32.6 Å². The van der Waals surface area contributed by atoms with Crippen molar-refractivity contribution in [1.82, 2.24) is 4.31 Å². The summed E-state index contributed by atoms with van der Waals surface area (Å²) in [5.41, 5.74) is 5.43. The summed E-state index contributed by atoms with van der Waals surface area (Å²) in [4.78, 5) is 0. The first-order chi connectivity index (χ1) is 6.89. The number of piperidine rings is 1. The maximum atomic E-state index is 12.1. The van der Waals surface area contributed by atoms with Crippen LogP contribution in [0, 0.1) is 5.92 Å². The Balaban J connectivity index is 2.79. The van der Waals surface area contributed by atoms with Gasteiger partial charge >= 0.3 is 0 Å². The van der Waals surface area contributed by atoms with Gasteiger partial charge in [0.25, 0.3) is 0 Å². The van der Waals surface area contributed by atoms with Crippen molar-refractivity contribution in [2.45, 2.75) is 44.9 Å². The summed E-state index contributed by atoms with van der Waals surface area (Å²) in [6.45, 7) is 6.68. The number of rotatable bonds is 3. The van der Waals surface area contributed by atoms with Crippen LogP contribution in [0.25, 0.3) is 0 Å². The highest BCUT2D eigenvalue weighted by atomic mass is 32.2. The zero-order valence-electron chi connectivity index (χ0n) is 9.81. The van der Waals surface area contributed by atoms with Crippen LogP contribution in [0.15, 0.2) is 0 Å². The first-order valence-electron chi connectivity index (χ1n) is 5.60. The van der Waals surface area contributed by atoms with Crippen molar-refractivity contribution >= 4 is 10.0 Å². The van der Waals surface area contributed by atoms with Gasteiger partial charge in [0.1, 0.15) is 0 Å². The standard InChI is InChI=1S/C10H22N2O2S/c1-8-4-5-12(9(2)6-8)15(13,14)10(3)7-11/h8-10H,4-7,11H2,1-3H3. The van der Waals surface area contributed by atoms with Crippen LogP contribution in [0.4, 0.5) is 0 Å². The minimum atomic E-state index is -3.18. The van der Waals surface area contributed by atoms with Gasteiger partial charge in [-0.25, -0.2) is 8.42 Å². The summed E-state index contributed by atoms with van der Waals surface area (Å²) < 4.78 is 25.8. The van der Waals surface area contributed by atoms with Crippen LogP contribution in [0.5, 0.6) is 0 Å². The lowest BCUT2D eigenvalue weighted by Gasteiger charge is -2.36. The summed E-state index contributed by atoms with van der Waals surface area (Å²) in [5, 5.41) is -0.464. The Hall–Kier alpha value is -0.130. The third-order valence-electron chi connectivity index (χ3n) is 3.24. The van der Waals surface area contributed by atoms with E-state index in [1.54, 1.807) is 11.2 Å². The molecule has 1 aliphatic rings. The smallest absolute Gasteiger partial charge is 0.218 e. The lowest BCUT2D eigenvalue weighted by atomic mass is 9.95. The van der Waals surface area contributed by atoms with Gasteiger partial charge in [-0.1, -0.05) is 6.92 Å². The molecule has 1 heterocycles. The minimum absolute atomic E-state index is 0.118. The van der Waals surface area contributed by atoms with Crippen LogP contribution in [0.1, 0.15) is 33.6 Å². The van der Waals surface area contributed by atoms with Gasteiger partial charge in [0, 0.05) is 19.1 Å². The highest BCUT2D eigenvalue weighted by Gasteiger charge is 2.34. The van der Waals surface area contributed by atoms with Gasteiger partial charge in [0.15, 0.2) is 0 Å². The van der Waals surface area contributed by atoms with Crippen LogP contribution in [-0.4, -0.2) is 37.1 Å². The van der Waals surface area contributed by atoms with E-state index in [-0.39, 0.29) is 12.6 Å². The van der Waals surface area contributed by atoms with E-state index in [0.717, 1.165) is 12.8 Å². The Kier molecular flexibility index (Phi) is 4.14. The molecule has 0 amide bonds. The second kappa shape index (κ2) is 4.80. The van der Waals surface area contributed by atoms with Gasteiger partial charge in [-0.3, -0.25) is 0 Å². The lowest BCUT2D eigenvalue weighted by Crippen LogP contribution is -2.48. The first kappa shape index (κ1) is 12.9. The summed E-state index contributed by atoms with van der Waals surface area (Å²) in [6.07, 6.45) is 1.91. The SMILES string of the molecule is CC1CCN(S(=O)(=O)C(C)CN)C(C)C1. The van der Waals surface area contributed by atoms with Crippen molar-refractivity contribution < 1.29 is 8.42 Å². The second-order valence-corrected chi connectivity index (χ2v) is 6.98. The van der Waals surface area contributed by atoms with Crippen LogP contribution >= 0.6 is 0 Å². The van der Waals surface area contributed by atoms with E-state index in [4.69, 9.17) is 5.73 Å². The molecular weight excluding hydrogens is 212 g/mol. The molecule has 0 aliphatic carbocycles. The van der Waals surface area contributed by atoms with E-state index >= 15 is 0 Å². The Morgan fingerprint density at radius 2 is 2.07 bits per heavy atom. The first-order valence-corrected chi connectivity index (χ1v) is 7.10. The molecule has 4 nitrogen and oxygen atoms in total. The van der Waals surface area contributed by atoms with E-state index in [1.165, 1.54) is 0 Å². The average molecular weight is 234 g/mol. The zero-order valence-corrected chi connectivity index (χ0v) is 10.6. The number of sulfonamides is 1. The molecule has 90 valence electrons. The van der Waals surface area contributed by atoms with E-state index in [1.807, 2.05) is 6.92 Å². The van der Waals surface area contributed by atoms with Gasteiger partial charge < -0.3 is 5.73 Å². The summed E-state index contributed by atoms with van der Waals surface area (Å²) in [7, 11) is -3.18. The molecular formula is C10H22N2O2S. The van der Waals surface area contributed by atoms with Crippen LogP contribution < -0.4 is 5.73 Å². The topological polar surface area (TPSA) is 63.4 Å². The monoisotopic (exact) mass is 234 g/mol. The number of hydrogen-bond donors (Lipinski definition) is 1. The van der Waals surface area contributed by atoms with Crippen molar-refractivity contribution in [2.75, 3.05) is 13.1 Å². The fraction of sp³-hybridized carbons (Fsp3) is 1.00. The second-order valence-electron chi connectivity index (χ2n) is 4.68. The Morgan fingerprint density at radius 1 is 1.47 bits per heavy atom. The molecule has 1 fully saturated rings. The Morgan fingerprint density at radius 3 is 2.53 bits per heavy atom. The van der Waals surface area contributed by atoms with E-state index < -0.39 is 15.3 Å². The zero-order chi connectivity index (χ0) is 11.6. The molecule has 0 radical (unpaired) electrons. The Bertz CT molecular complexity index is 303. The van der Waals surface area contributed by atoms with Crippen molar-refractivity contribution in [2.24, 2.45) is 11.7 Å². The molecule has 15 heavy (non-hydrogen) atoms. The van der Waals surface area contributed by atoms with Crippen LogP contribution in [0.2, 0.25) is 0 Å². The third-order valence-corrected chi connectivity index (χ3v) is 5.65. The fourth-order valence-corrected chi connectivity index (χ4v) is 3.77. The van der Waals surface area contributed by atoms with E-state index in [0.29, 0.717) is 12.5 Å². The van der Waals surface area contributed by atoms with E-state index in [9.17, 15) is 8.42 Å². The highest BCUT2D eigenvalue weighted by Crippen LogP contribution is 2.26. The van der Waals surface area contributed by atoms with E-state index in [2.05, 4.69) is 6.92 Å². The Labute approximate surface area is 92.9 Å². The highest BCUT2D eigenvalue weighted by molar-refractivity contribution is 7.89. The van der Waals surface area contributed by atoms with Crippen LogP contribution in [0.3, 0.4) is 0 Å². The molecule has 1 aliphatic heterocycles. The molecule has 0 aromatic carbocycles. The minimum Gasteiger partial charge on any atom is -0.329 e. The summed E-state index contributed by atoms with van der Waals surface area (Å²) in [5.74, 6) is 0.625. The molecule has 0 spiro atoms. The molecule has 5 heteroatoms. The molecule has 1 rings (SSSR count). The molecule has 3 atom stereocenters. The largest absolute Gasteiger partial charge is 0.329 e. The number of nitrogens with two attached hydrogens (primary N) is 1. The quantitative estimate of drug-likeness (QED) is 0.785. The normalized spacial score (nSPS) is 31.5. The number of hydrogen-bond acceptors (Lipinski definition) is 3. The van der Waals surface area contributed by atoms with Gasteiger partial charge in [0.2, 0.25) is 10.0 Å². The molecule has 0 bridgehead atoms. The van der Waals surface area contributed by atoms with Crippen molar-refractivity contribution in [1.29, 1.82) is 0 Å². The molecule has 0 saturated carbocycles. The molecule has 2 N–H and O–H groups in total. The molecule has 3 unspecified atom stereocenters. The molecule has 0 aromatic rings. The summed E-state index contributed by atoms with van der Waals surface area (Å²) in [6, 6.07) is 0.118. The third kappa shape index (κ3) is 2.71. The molecule has 1 saturated heterocycles. The van der Waals surface area contributed by atoms with Crippen molar-refractivity contribution in [3.8, 4) is 0 Å². The van der Waals surface area contributed by atoms with Gasteiger partial charge in [0.05, 0.1) is 5.25 Å². The molecule has 0 aromatic heterocycles. The van der Waals surface area contributed by atoms with Crippen LogP contribution in [-0.2, 0) is 10.0 Å². The maximum Gasteiger partial charge on any atom is 0.218 e. The maximum absolute atomic E-state index is 12.1. The fourth-order valence-electron chi connectivity index (χ4n) is 2.12. The van der Waals surface area contributed by atoms with Gasteiger partial charge in [-0.2, -0.15) is 4.31 Å². The summed E-state index contributed by atoms with van der Waals surface area (Å²) >= 11 is 0. The van der Waals surface area contributed by atoms with Crippen molar-refractivity contribution in [3.63, 3.8) is 0 Å².